The van der Waals surface area contributed by atoms with E-state index in [-0.39, 0.29) is 45.9 Å². The highest BCUT2D eigenvalue weighted by Gasteiger charge is 2.40. The lowest BCUT2D eigenvalue weighted by Crippen LogP contribution is -2.40. The molecule has 1 heterocycles. The van der Waals surface area contributed by atoms with Crippen LogP contribution >= 0.6 is 0 Å². The van der Waals surface area contributed by atoms with E-state index >= 15 is 0 Å². The molecular formula is C25H25N3O7. The molecule has 35 heavy (non-hydrogen) atoms. The molecule has 2 aromatic carbocycles. The van der Waals surface area contributed by atoms with Crippen LogP contribution in [0.2, 0.25) is 0 Å². The monoisotopic (exact) mass is 479 g/mol. The number of carbonyl (C=O) groups excluding carboxylic acids is 5. The lowest BCUT2D eigenvalue weighted by atomic mass is 9.94. The predicted molar refractivity (Wildman–Crippen MR) is 126 cm³/mol. The summed E-state index contributed by atoms with van der Waals surface area (Å²) in [4.78, 5) is 63.9. The van der Waals surface area contributed by atoms with Gasteiger partial charge in [-0.3, -0.25) is 14.5 Å². The number of fused-ring (bicyclic) bond motifs is 1. The SMILES string of the molecule is COC(=O)c1ccc(C(=O)OC)c(NC(=O)Nc2ccc3c(c2)C(=O)N(C2CCCCC2)C3=O)c1. The Kier molecular flexibility index (Phi) is 6.81. The number of hydrogen-bond acceptors (Lipinski definition) is 7. The van der Waals surface area contributed by atoms with Crippen LogP contribution in [0.1, 0.15) is 73.5 Å². The molecule has 0 saturated heterocycles. The summed E-state index contributed by atoms with van der Waals surface area (Å²) in [6.45, 7) is 0. The fraction of sp³-hybridized carbons (Fsp3) is 0.320. The van der Waals surface area contributed by atoms with Crippen molar-refractivity contribution in [3.8, 4) is 0 Å². The molecule has 0 spiro atoms. The van der Waals surface area contributed by atoms with Crippen molar-refractivity contribution in [1.82, 2.24) is 4.90 Å². The second-order valence-corrected chi connectivity index (χ2v) is 8.36. The molecule has 1 saturated carbocycles. The zero-order valence-electron chi connectivity index (χ0n) is 19.4. The number of methoxy groups -OCH3 is 2. The highest BCUT2D eigenvalue weighted by molar-refractivity contribution is 6.22. The van der Waals surface area contributed by atoms with E-state index < -0.39 is 18.0 Å². The number of amides is 4. The Hall–Kier alpha value is -4.21. The molecule has 2 aliphatic rings. The maximum Gasteiger partial charge on any atom is 0.339 e. The van der Waals surface area contributed by atoms with E-state index in [9.17, 15) is 24.0 Å². The van der Waals surface area contributed by atoms with Gasteiger partial charge in [0, 0.05) is 11.7 Å². The van der Waals surface area contributed by atoms with Crippen LogP contribution in [-0.4, -0.2) is 54.9 Å². The number of anilines is 2. The van der Waals surface area contributed by atoms with Crippen LogP contribution in [0.5, 0.6) is 0 Å². The standard InChI is InChI=1S/C25H25N3O7/c1-34-23(31)14-8-10-18(24(32)35-2)20(12-14)27-25(33)26-15-9-11-17-19(13-15)22(30)28(21(17)29)16-6-4-3-5-7-16/h8-13,16H,3-7H2,1-2H3,(H2,26,27,33). The molecule has 1 aliphatic heterocycles. The van der Waals surface area contributed by atoms with Crippen LogP contribution in [0.25, 0.3) is 0 Å². The van der Waals surface area contributed by atoms with Gasteiger partial charge in [0.2, 0.25) is 0 Å². The molecule has 4 rings (SSSR count). The van der Waals surface area contributed by atoms with E-state index in [4.69, 9.17) is 4.74 Å². The molecule has 4 amide bonds. The van der Waals surface area contributed by atoms with Crippen molar-refractivity contribution in [2.75, 3.05) is 24.9 Å². The average molecular weight is 479 g/mol. The van der Waals surface area contributed by atoms with Crippen LogP contribution in [-0.2, 0) is 9.47 Å². The number of rotatable bonds is 5. The first kappa shape index (κ1) is 23.9. The Bertz CT molecular complexity index is 1220. The average Bonchev–Trinajstić information content (AvgIpc) is 3.12. The Balaban J connectivity index is 1.53. The van der Waals surface area contributed by atoms with Gasteiger partial charge in [-0.05, 0) is 49.2 Å². The maximum absolute atomic E-state index is 13.0. The first-order chi connectivity index (χ1) is 16.8. The molecule has 182 valence electrons. The third kappa shape index (κ3) is 4.72. The van der Waals surface area contributed by atoms with Crippen molar-refractivity contribution in [3.63, 3.8) is 0 Å². The van der Waals surface area contributed by atoms with Crippen molar-refractivity contribution in [3.05, 3.63) is 58.7 Å². The fourth-order valence-corrected chi connectivity index (χ4v) is 4.47. The first-order valence-corrected chi connectivity index (χ1v) is 11.2. The molecule has 1 aliphatic carbocycles. The number of imide groups is 1. The third-order valence-corrected chi connectivity index (χ3v) is 6.21. The molecule has 0 atom stereocenters. The molecule has 0 radical (unpaired) electrons. The number of hydrogen-bond donors (Lipinski definition) is 2. The quantitative estimate of drug-likeness (QED) is 0.492. The van der Waals surface area contributed by atoms with Crippen molar-refractivity contribution >= 4 is 41.2 Å². The zero-order valence-corrected chi connectivity index (χ0v) is 19.4. The van der Waals surface area contributed by atoms with Gasteiger partial charge in [0.25, 0.3) is 11.8 Å². The van der Waals surface area contributed by atoms with Crippen molar-refractivity contribution in [2.24, 2.45) is 0 Å². The summed E-state index contributed by atoms with van der Waals surface area (Å²) in [6, 6.07) is 7.70. The Morgan fingerprint density at radius 3 is 2.20 bits per heavy atom. The normalized spacial score (nSPS) is 15.4. The molecule has 10 nitrogen and oxygen atoms in total. The number of benzene rings is 2. The lowest BCUT2D eigenvalue weighted by molar-refractivity contribution is 0.0545. The number of esters is 2. The topological polar surface area (TPSA) is 131 Å². The predicted octanol–water partition coefficient (Wildman–Crippen LogP) is 3.83. The van der Waals surface area contributed by atoms with E-state index in [0.717, 1.165) is 32.1 Å². The van der Waals surface area contributed by atoms with Gasteiger partial charge in [-0.1, -0.05) is 19.3 Å². The summed E-state index contributed by atoms with van der Waals surface area (Å²) in [7, 11) is 2.41. The lowest BCUT2D eigenvalue weighted by Gasteiger charge is -2.29. The van der Waals surface area contributed by atoms with Gasteiger partial charge >= 0.3 is 18.0 Å². The largest absolute Gasteiger partial charge is 0.465 e. The minimum absolute atomic E-state index is 0.0353. The summed E-state index contributed by atoms with van der Waals surface area (Å²) in [6.07, 6.45) is 4.66. The van der Waals surface area contributed by atoms with Gasteiger partial charge in [0.15, 0.2) is 0 Å². The Labute approximate surface area is 201 Å². The second kappa shape index (κ2) is 9.96. The summed E-state index contributed by atoms with van der Waals surface area (Å²) < 4.78 is 9.42. The van der Waals surface area contributed by atoms with Crippen LogP contribution in [0.4, 0.5) is 16.2 Å². The van der Waals surface area contributed by atoms with Gasteiger partial charge in [-0.2, -0.15) is 0 Å². The highest BCUT2D eigenvalue weighted by Crippen LogP contribution is 2.32. The van der Waals surface area contributed by atoms with Crippen LogP contribution < -0.4 is 10.6 Å². The van der Waals surface area contributed by atoms with Crippen molar-refractivity contribution in [1.29, 1.82) is 0 Å². The van der Waals surface area contributed by atoms with E-state index in [1.165, 1.54) is 55.5 Å². The van der Waals surface area contributed by atoms with Gasteiger partial charge in [0.1, 0.15) is 0 Å². The summed E-state index contributed by atoms with van der Waals surface area (Å²) in [5, 5.41) is 5.12. The van der Waals surface area contributed by atoms with Gasteiger partial charge in [-0.15, -0.1) is 0 Å². The number of carbonyl (C=O) groups is 5. The molecule has 1 fully saturated rings. The zero-order chi connectivity index (χ0) is 25.1. The van der Waals surface area contributed by atoms with Crippen LogP contribution in [0, 0.1) is 0 Å². The summed E-state index contributed by atoms with van der Waals surface area (Å²) >= 11 is 0. The fourth-order valence-electron chi connectivity index (χ4n) is 4.47. The van der Waals surface area contributed by atoms with E-state index in [2.05, 4.69) is 15.4 Å². The number of nitrogens with one attached hydrogen (secondary N) is 2. The van der Waals surface area contributed by atoms with Gasteiger partial charge < -0.3 is 20.1 Å². The molecule has 10 heteroatoms. The van der Waals surface area contributed by atoms with Crippen LogP contribution in [0.15, 0.2) is 36.4 Å². The van der Waals surface area contributed by atoms with E-state index in [1.54, 1.807) is 0 Å². The molecule has 0 aromatic heterocycles. The van der Waals surface area contributed by atoms with Crippen molar-refractivity contribution in [2.45, 2.75) is 38.1 Å². The summed E-state index contributed by atoms with van der Waals surface area (Å²) in [5.74, 6) is -2.02. The maximum atomic E-state index is 13.0. The van der Waals surface area contributed by atoms with Gasteiger partial charge in [-0.25, -0.2) is 14.4 Å². The minimum atomic E-state index is -0.724. The first-order valence-electron chi connectivity index (χ1n) is 11.2. The molecular weight excluding hydrogens is 454 g/mol. The van der Waals surface area contributed by atoms with Gasteiger partial charge in [0.05, 0.1) is 42.2 Å². The number of ether oxygens (including phenoxy) is 2. The minimum Gasteiger partial charge on any atom is -0.465 e. The molecule has 2 aromatic rings. The second-order valence-electron chi connectivity index (χ2n) is 8.36. The molecule has 0 bridgehead atoms. The Morgan fingerprint density at radius 2 is 1.51 bits per heavy atom. The van der Waals surface area contributed by atoms with Crippen molar-refractivity contribution < 1.29 is 33.4 Å². The smallest absolute Gasteiger partial charge is 0.339 e. The highest BCUT2D eigenvalue weighted by atomic mass is 16.5. The molecule has 0 unspecified atom stereocenters. The third-order valence-electron chi connectivity index (χ3n) is 6.21. The van der Waals surface area contributed by atoms with E-state index in [0.29, 0.717) is 5.56 Å². The number of nitrogens with zero attached hydrogens (tertiary/aromatic N) is 1. The Morgan fingerprint density at radius 1 is 0.829 bits per heavy atom. The van der Waals surface area contributed by atoms with Crippen LogP contribution in [0.3, 0.4) is 0 Å². The summed E-state index contributed by atoms with van der Waals surface area (Å²) in [5.41, 5.74) is 1.03. The molecule has 2 N–H and O–H groups in total. The number of urea groups is 1. The van der Waals surface area contributed by atoms with E-state index in [1.807, 2.05) is 0 Å².